The first kappa shape index (κ1) is 38.3. The molecule has 4 aromatic rings. The number of aryl methyl sites for hydroxylation is 2. The number of pyridine rings is 1. The van der Waals surface area contributed by atoms with Crippen LogP contribution in [0.4, 0.5) is 31.5 Å². The number of imide groups is 1. The number of hydrogen-bond acceptors (Lipinski definition) is 11. The number of piperazine rings is 1. The largest absolute Gasteiger partial charge is 0.477 e. The maximum absolute atomic E-state index is 15.3. The van der Waals surface area contributed by atoms with Crippen LogP contribution in [0.5, 0.6) is 5.88 Å². The molecule has 3 atom stereocenters. The average molecular weight is 819 g/mol. The average Bonchev–Trinajstić information content (AvgIpc) is 3.75. The molecular formula is C44H48F2N10O4. The van der Waals surface area contributed by atoms with E-state index in [2.05, 4.69) is 53.6 Å². The molecule has 10 rings (SSSR count). The Balaban J connectivity index is 0.804. The van der Waals surface area contributed by atoms with Crippen molar-refractivity contribution in [2.24, 2.45) is 23.9 Å². The van der Waals surface area contributed by atoms with Gasteiger partial charge in [0.05, 0.1) is 41.4 Å². The van der Waals surface area contributed by atoms with Gasteiger partial charge in [-0.05, 0) is 93.3 Å². The number of nitrogens with zero attached hydrogens (tertiary/aromatic N) is 8. The van der Waals surface area contributed by atoms with Crippen molar-refractivity contribution in [1.29, 1.82) is 0 Å². The summed E-state index contributed by atoms with van der Waals surface area (Å²) in [5, 5.41) is 10.1. The number of piperidine rings is 2. The molecular weight excluding hydrogens is 771 g/mol. The van der Waals surface area contributed by atoms with Gasteiger partial charge < -0.3 is 24.8 Å². The number of guanidine groups is 1. The zero-order valence-corrected chi connectivity index (χ0v) is 33.8. The molecule has 6 aliphatic rings. The van der Waals surface area contributed by atoms with Gasteiger partial charge in [-0.2, -0.15) is 10.1 Å². The van der Waals surface area contributed by atoms with Crippen LogP contribution in [0.15, 0.2) is 53.7 Å². The van der Waals surface area contributed by atoms with Crippen molar-refractivity contribution in [2.45, 2.75) is 57.4 Å². The van der Waals surface area contributed by atoms with Crippen molar-refractivity contribution in [3.8, 4) is 17.1 Å². The number of nitrogens with one attached hydrogen (secondary N) is 2. The van der Waals surface area contributed by atoms with Crippen LogP contribution >= 0.6 is 0 Å². The molecule has 0 radical (unpaired) electrons. The molecule has 3 saturated heterocycles. The normalized spacial score (nSPS) is 24.5. The van der Waals surface area contributed by atoms with E-state index in [9.17, 15) is 14.4 Å². The number of ether oxygens (including phenoxy) is 1. The Morgan fingerprint density at radius 2 is 1.60 bits per heavy atom. The van der Waals surface area contributed by atoms with Crippen LogP contribution in [0.1, 0.15) is 66.1 Å². The SMILES string of the molecule is Cc1cc2cc(n1)-c1cnn(C)c1OCC[C@H]1C[C@@H]1CN1/C(=N/C2=O)Nc2ccc(N3CCN(C4CCN(c5cc(F)c([C@H]6CCC(=O)NC6=O)c(F)c5)CC4)CC3)cc21. The first-order chi connectivity index (χ1) is 29.1. The van der Waals surface area contributed by atoms with E-state index >= 15 is 8.78 Å². The number of carbonyl (C=O) groups is 3. The topological polar surface area (TPSA) is 141 Å². The molecule has 3 amide bonds. The minimum absolute atomic E-state index is 0.0585. The summed E-state index contributed by atoms with van der Waals surface area (Å²) in [5.74, 6) is -1.80. The van der Waals surface area contributed by atoms with E-state index in [-0.39, 0.29) is 24.3 Å². The van der Waals surface area contributed by atoms with Gasteiger partial charge in [-0.25, -0.2) is 13.5 Å². The molecule has 2 aromatic carbocycles. The maximum Gasteiger partial charge on any atom is 0.280 e. The van der Waals surface area contributed by atoms with Crippen LogP contribution in [-0.2, 0) is 16.6 Å². The van der Waals surface area contributed by atoms with Crippen LogP contribution in [0.2, 0.25) is 0 Å². The standard InChI is InChI=1S/C44H48F2N10O4/c1-25-17-27-19-37(48-25)33-23-47-52(2)43(33)60-16-9-26-18-28(26)24-56-38-22-30(3-5-36(38)49-44(56)51-41(27)58)55-14-12-54(13-15-55)29-7-10-53(11-8-29)31-20-34(45)40(35(46)21-31)32-4-6-39(57)50-42(32)59/h3,5,17,19-23,26,28-29,32H,4,6-16,18,24H2,1-2H3,(H,49,51,58)(H,50,57,59)/t26-,28+,32+/m0/s1. The number of aliphatic imine (C=N–C) groups is 1. The highest BCUT2D eigenvalue weighted by Gasteiger charge is 2.41. The second-order valence-electron chi connectivity index (χ2n) is 17.0. The Labute approximate surface area is 346 Å². The molecule has 2 bridgehead atoms. The highest BCUT2D eigenvalue weighted by molar-refractivity contribution is 6.19. The van der Waals surface area contributed by atoms with E-state index in [1.807, 2.05) is 18.9 Å². The lowest BCUT2D eigenvalue weighted by Crippen LogP contribution is -2.53. The number of carbonyl (C=O) groups excluding carboxylic acids is 3. The number of fused-ring (bicyclic) bond motifs is 8. The Hall–Kier alpha value is -5.90. The lowest BCUT2D eigenvalue weighted by Gasteiger charge is -2.44. The second-order valence-corrected chi connectivity index (χ2v) is 17.0. The third-order valence-corrected chi connectivity index (χ3v) is 13.2. The first-order valence-corrected chi connectivity index (χ1v) is 21.1. The summed E-state index contributed by atoms with van der Waals surface area (Å²) in [4.78, 5) is 56.3. The lowest BCUT2D eigenvalue weighted by molar-refractivity contribution is -0.134. The van der Waals surface area contributed by atoms with Crippen molar-refractivity contribution in [3.63, 3.8) is 0 Å². The molecule has 312 valence electrons. The van der Waals surface area contributed by atoms with E-state index in [1.165, 1.54) is 12.1 Å². The Bertz CT molecular complexity index is 2400. The van der Waals surface area contributed by atoms with Gasteiger partial charge in [-0.3, -0.25) is 29.6 Å². The van der Waals surface area contributed by atoms with Crippen molar-refractivity contribution < 1.29 is 27.9 Å². The quantitative estimate of drug-likeness (QED) is 0.262. The molecule has 60 heavy (non-hydrogen) atoms. The molecule has 2 N–H and O–H groups in total. The first-order valence-electron chi connectivity index (χ1n) is 21.1. The molecule has 4 fully saturated rings. The molecule has 0 spiro atoms. The summed E-state index contributed by atoms with van der Waals surface area (Å²) < 4.78 is 38.6. The Kier molecular flexibility index (Phi) is 9.76. The fourth-order valence-electron chi connectivity index (χ4n) is 9.80. The van der Waals surface area contributed by atoms with Crippen LogP contribution < -0.4 is 30.1 Å². The lowest BCUT2D eigenvalue weighted by atomic mass is 9.89. The van der Waals surface area contributed by atoms with Crippen molar-refractivity contribution in [3.05, 3.63) is 77.1 Å². The van der Waals surface area contributed by atoms with E-state index in [1.54, 1.807) is 23.0 Å². The molecule has 7 heterocycles. The molecule has 2 aromatic heterocycles. The number of anilines is 4. The van der Waals surface area contributed by atoms with E-state index in [0.29, 0.717) is 72.1 Å². The van der Waals surface area contributed by atoms with Gasteiger partial charge in [0.15, 0.2) is 0 Å². The van der Waals surface area contributed by atoms with Gasteiger partial charge in [-0.1, -0.05) is 0 Å². The van der Waals surface area contributed by atoms with Crippen LogP contribution in [0.25, 0.3) is 11.3 Å². The highest BCUT2D eigenvalue weighted by atomic mass is 19.1. The van der Waals surface area contributed by atoms with E-state index in [4.69, 9.17) is 9.72 Å². The van der Waals surface area contributed by atoms with Gasteiger partial charge >= 0.3 is 0 Å². The third kappa shape index (κ3) is 7.24. The van der Waals surface area contributed by atoms with Gasteiger partial charge in [0.25, 0.3) is 5.91 Å². The molecule has 0 unspecified atom stereocenters. The van der Waals surface area contributed by atoms with Crippen LogP contribution in [0, 0.1) is 30.4 Å². The monoisotopic (exact) mass is 818 g/mol. The summed E-state index contributed by atoms with van der Waals surface area (Å²) in [5.41, 5.74) is 5.81. The minimum Gasteiger partial charge on any atom is -0.477 e. The van der Waals surface area contributed by atoms with Crippen molar-refractivity contribution >= 4 is 46.4 Å². The van der Waals surface area contributed by atoms with Gasteiger partial charge in [0, 0.05) is 93.5 Å². The number of hydrogen-bond donors (Lipinski definition) is 2. The maximum atomic E-state index is 15.3. The van der Waals surface area contributed by atoms with Crippen molar-refractivity contribution in [2.75, 3.05) is 72.4 Å². The fraction of sp³-hybridized carbons (Fsp3) is 0.455. The number of benzene rings is 2. The fourth-order valence-corrected chi connectivity index (χ4v) is 9.80. The number of aromatic nitrogens is 3. The zero-order chi connectivity index (χ0) is 41.2. The number of halogens is 2. The Morgan fingerprint density at radius 1 is 0.833 bits per heavy atom. The second kappa shape index (κ2) is 15.3. The molecule has 1 aliphatic carbocycles. The van der Waals surface area contributed by atoms with Crippen LogP contribution in [0.3, 0.4) is 0 Å². The summed E-state index contributed by atoms with van der Waals surface area (Å²) in [6.07, 6.45) is 5.63. The predicted molar refractivity (Wildman–Crippen MR) is 223 cm³/mol. The molecule has 14 nitrogen and oxygen atoms in total. The Morgan fingerprint density at radius 3 is 2.37 bits per heavy atom. The zero-order valence-electron chi connectivity index (χ0n) is 33.8. The van der Waals surface area contributed by atoms with Gasteiger partial charge in [-0.15, -0.1) is 0 Å². The van der Waals surface area contributed by atoms with Gasteiger partial charge in [0.2, 0.25) is 23.7 Å². The van der Waals surface area contributed by atoms with Crippen LogP contribution in [-0.4, -0.2) is 102 Å². The molecule has 1 saturated carbocycles. The van der Waals surface area contributed by atoms with E-state index < -0.39 is 29.4 Å². The minimum atomic E-state index is -1.01. The highest BCUT2D eigenvalue weighted by Crippen LogP contribution is 2.46. The molecule has 5 aliphatic heterocycles. The molecule has 16 heteroatoms. The summed E-state index contributed by atoms with van der Waals surface area (Å²) >= 11 is 0. The van der Waals surface area contributed by atoms with Crippen molar-refractivity contribution in [1.82, 2.24) is 25.0 Å². The van der Waals surface area contributed by atoms with E-state index in [0.717, 1.165) is 81.0 Å². The smallest absolute Gasteiger partial charge is 0.280 e. The summed E-state index contributed by atoms with van der Waals surface area (Å²) in [6, 6.07) is 13.0. The third-order valence-electron chi connectivity index (χ3n) is 13.2. The van der Waals surface area contributed by atoms with Gasteiger partial charge in [0.1, 0.15) is 11.6 Å². The number of rotatable bonds is 4. The predicted octanol–water partition coefficient (Wildman–Crippen LogP) is 5.23. The summed E-state index contributed by atoms with van der Waals surface area (Å²) in [6.45, 7) is 8.03. The number of amides is 3. The summed E-state index contributed by atoms with van der Waals surface area (Å²) in [7, 11) is 1.85.